The molecule has 0 spiro atoms. The number of benzene rings is 3. The third-order valence-electron chi connectivity index (χ3n) is 4.46. The van der Waals surface area contributed by atoms with Gasteiger partial charge in [-0.05, 0) is 30.8 Å². The summed E-state index contributed by atoms with van der Waals surface area (Å²) >= 11 is 0. The topological polar surface area (TPSA) is 88.0 Å². The van der Waals surface area contributed by atoms with Crippen molar-refractivity contribution in [3.8, 4) is 22.5 Å². The van der Waals surface area contributed by atoms with E-state index in [9.17, 15) is 4.79 Å². The maximum Gasteiger partial charge on any atom is 0.338 e. The maximum absolute atomic E-state index is 12.3. The van der Waals surface area contributed by atoms with E-state index >= 15 is 0 Å². The predicted molar refractivity (Wildman–Crippen MR) is 118 cm³/mol. The molecule has 0 aromatic heterocycles. The molecular weight excluding hydrogens is 467 g/mol. The number of rotatable bonds is 3. The van der Waals surface area contributed by atoms with E-state index in [1.54, 1.807) is 36.4 Å². The second-order valence-corrected chi connectivity index (χ2v) is 6.29. The van der Waals surface area contributed by atoms with Crippen molar-refractivity contribution in [2.45, 2.75) is 0 Å². The van der Waals surface area contributed by atoms with Crippen LogP contribution in [0.25, 0.3) is 33.4 Å². The zero-order chi connectivity index (χ0) is 21.7. The summed E-state index contributed by atoms with van der Waals surface area (Å²) in [5.74, 6) is 0.122. The first-order valence-corrected chi connectivity index (χ1v) is 8.97. The number of ether oxygens (including phenoxy) is 1. The molecule has 0 unspecified atom stereocenters. The number of aliphatic imine (C=N–C) groups is 2. The molecule has 1 heterocycles. The van der Waals surface area contributed by atoms with Gasteiger partial charge in [-0.2, -0.15) is 6.72 Å². The van der Waals surface area contributed by atoms with Gasteiger partial charge in [0.2, 0.25) is 0 Å². The van der Waals surface area contributed by atoms with Gasteiger partial charge in [0.05, 0.1) is 18.0 Å². The fourth-order valence-corrected chi connectivity index (χ4v) is 3.24. The monoisotopic (exact) mass is 486 g/mol. The number of hydrogen-bond donors (Lipinski definition) is 1. The average Bonchev–Trinajstić information content (AvgIpc) is 2.77. The third kappa shape index (κ3) is 5.03. The summed E-state index contributed by atoms with van der Waals surface area (Å²) in [7, 11) is 2.89. The summed E-state index contributed by atoms with van der Waals surface area (Å²) in [6, 6.07) is 17.8. The van der Waals surface area contributed by atoms with Crippen LogP contribution in [0.1, 0.15) is 10.4 Å². The minimum atomic E-state index is -0.418. The molecule has 0 saturated carbocycles. The van der Waals surface area contributed by atoms with Crippen molar-refractivity contribution in [2.75, 3.05) is 14.2 Å². The Bertz CT molecular complexity index is 1280. The summed E-state index contributed by atoms with van der Waals surface area (Å²) in [5.41, 5.74) is 3.94. The first kappa shape index (κ1) is 24.3. The molecule has 1 aliphatic carbocycles. The molecule has 0 fully saturated rings. The fourth-order valence-electron chi connectivity index (χ4n) is 3.24. The summed E-state index contributed by atoms with van der Waals surface area (Å²) in [6.07, 6.45) is 0. The van der Waals surface area contributed by atoms with Gasteiger partial charge in [0.25, 0.3) is 0 Å². The van der Waals surface area contributed by atoms with E-state index in [0.29, 0.717) is 28.0 Å². The zero-order valence-electron chi connectivity index (χ0n) is 17.1. The normalized spacial score (nSPS) is 9.87. The molecule has 4 rings (SSSR count). The van der Waals surface area contributed by atoms with Crippen LogP contribution < -0.4 is 5.36 Å². The predicted octanol–water partition coefficient (Wildman–Crippen LogP) is 4.87. The number of nitrogens with one attached hydrogen (secondary N) is 1. The number of methoxy groups -OCH3 is 1. The fraction of sp³-hybridized carbons (Fsp3) is 0.0833. The number of fused-ring (bicyclic) bond motifs is 2. The van der Waals surface area contributed by atoms with Crippen LogP contribution in [0.5, 0.6) is 0 Å². The molecule has 6 nitrogen and oxygen atoms in total. The van der Waals surface area contributed by atoms with Gasteiger partial charge in [-0.1, -0.05) is 36.0 Å². The van der Waals surface area contributed by atoms with Crippen LogP contribution in [0.15, 0.2) is 75.1 Å². The van der Waals surface area contributed by atoms with E-state index in [-0.39, 0.29) is 32.7 Å². The van der Waals surface area contributed by atoms with Crippen LogP contribution in [-0.4, -0.2) is 33.6 Å². The number of carbonyl (C=O) groups is 1. The van der Waals surface area contributed by atoms with Gasteiger partial charge in [-0.25, -0.2) is 4.79 Å². The van der Waals surface area contributed by atoms with Crippen LogP contribution in [0, 0.1) is 5.41 Å². The molecule has 0 saturated heterocycles. The minimum Gasteiger partial charge on any atom is -0.509 e. The second kappa shape index (κ2) is 10.9. The molecule has 2 aromatic carbocycles. The SMILES string of the molecule is [CH-]=NC.[CH-]=Nc1ccc2c(-c3ccccc3C(=O)OC)c3ccc(=N)cc-3oc2c1.[Y]. The molecule has 7 heteroatoms. The molecule has 1 radical (unpaired) electrons. The Morgan fingerprint density at radius 3 is 2.42 bits per heavy atom. The Hall–Kier alpha value is -2.96. The van der Waals surface area contributed by atoms with Gasteiger partial charge in [0.15, 0.2) is 0 Å². The van der Waals surface area contributed by atoms with Crippen molar-refractivity contribution in [2.24, 2.45) is 9.98 Å². The van der Waals surface area contributed by atoms with E-state index in [1.165, 1.54) is 14.2 Å². The van der Waals surface area contributed by atoms with Gasteiger partial charge in [-0.3, -0.25) is 0 Å². The van der Waals surface area contributed by atoms with E-state index < -0.39 is 5.97 Å². The van der Waals surface area contributed by atoms with Crippen molar-refractivity contribution < 1.29 is 46.7 Å². The molecular formula is C24H19N3O3Y-2. The quantitative estimate of drug-likeness (QED) is 0.194. The Labute approximate surface area is 205 Å². The van der Waals surface area contributed by atoms with Crippen LogP contribution >= 0.6 is 0 Å². The molecule has 2 aliphatic rings. The van der Waals surface area contributed by atoms with Gasteiger partial charge in [0.1, 0.15) is 11.3 Å². The van der Waals surface area contributed by atoms with Crippen LogP contribution in [-0.2, 0) is 37.4 Å². The Morgan fingerprint density at radius 2 is 1.74 bits per heavy atom. The zero-order valence-corrected chi connectivity index (χ0v) is 20.0. The standard InChI is InChI=1S/C22H15N2O3.C2H4N.Y/c1-24-14-8-10-18-20(12-14)27-19-11-13(23)7-9-17(19)21(18)15-5-3-4-6-16(15)22(25)26-2;1-3-2;/h1,3-12,23H,2H3;1H,2H3;/q2*-1;. The summed E-state index contributed by atoms with van der Waals surface area (Å²) in [4.78, 5) is 19.0. The first-order chi connectivity index (χ1) is 14.5. The molecule has 0 amide bonds. The van der Waals surface area contributed by atoms with Gasteiger partial charge >= 0.3 is 5.97 Å². The maximum atomic E-state index is 12.3. The van der Waals surface area contributed by atoms with Crippen molar-refractivity contribution >= 4 is 36.1 Å². The Kier molecular flexibility index (Phi) is 8.54. The van der Waals surface area contributed by atoms with Crippen LogP contribution in [0.3, 0.4) is 0 Å². The average molecular weight is 486 g/mol. The molecule has 0 bridgehead atoms. The second-order valence-electron chi connectivity index (χ2n) is 6.29. The minimum absolute atomic E-state index is 0. The molecule has 2 aromatic rings. The summed E-state index contributed by atoms with van der Waals surface area (Å²) in [5, 5.41) is 9.05. The smallest absolute Gasteiger partial charge is 0.338 e. The van der Waals surface area contributed by atoms with Gasteiger partial charge in [-0.15, -0.1) is 6.07 Å². The summed E-state index contributed by atoms with van der Waals surface area (Å²) in [6.45, 7) is 9.87. The van der Waals surface area contributed by atoms with Gasteiger partial charge < -0.3 is 31.3 Å². The number of carbonyl (C=O) groups excluding carboxylic acids is 1. The molecule has 153 valence electrons. The van der Waals surface area contributed by atoms with E-state index in [2.05, 4.69) is 16.7 Å². The van der Waals surface area contributed by atoms with Crippen molar-refractivity contribution in [1.82, 2.24) is 0 Å². The third-order valence-corrected chi connectivity index (χ3v) is 4.46. The van der Waals surface area contributed by atoms with Crippen molar-refractivity contribution in [1.29, 1.82) is 5.41 Å². The first-order valence-electron chi connectivity index (χ1n) is 8.97. The van der Waals surface area contributed by atoms with E-state index in [4.69, 9.17) is 21.3 Å². The summed E-state index contributed by atoms with van der Waals surface area (Å²) < 4.78 is 11.0. The molecule has 0 atom stereocenters. The van der Waals surface area contributed by atoms with E-state index in [1.807, 2.05) is 24.3 Å². The van der Waals surface area contributed by atoms with Crippen molar-refractivity contribution in [3.05, 3.63) is 71.6 Å². The Morgan fingerprint density at radius 1 is 1.03 bits per heavy atom. The number of esters is 1. The van der Waals surface area contributed by atoms with Crippen molar-refractivity contribution in [3.63, 3.8) is 0 Å². The number of hydrogen-bond acceptors (Lipinski definition) is 6. The Balaban J connectivity index is 0.000000808. The largest absolute Gasteiger partial charge is 0.509 e. The van der Waals surface area contributed by atoms with E-state index in [0.717, 1.165) is 22.1 Å². The molecule has 1 aliphatic heterocycles. The number of nitrogens with zero attached hydrogens (tertiary/aromatic N) is 2. The van der Waals surface area contributed by atoms with Crippen LogP contribution in [0.4, 0.5) is 5.69 Å². The molecule has 1 N–H and O–H groups in total. The van der Waals surface area contributed by atoms with Gasteiger partial charge in [0, 0.05) is 55.3 Å². The molecule has 31 heavy (non-hydrogen) atoms. The van der Waals surface area contributed by atoms with Crippen LogP contribution in [0.2, 0.25) is 0 Å².